The molecule has 0 aliphatic heterocycles. The molecule has 1 aromatic heterocycles. The molecule has 0 unspecified atom stereocenters. The third kappa shape index (κ3) is 2.81. The molecule has 2 rings (SSSR count). The number of hydrogen-bond acceptors (Lipinski definition) is 2. The third-order valence-corrected chi connectivity index (χ3v) is 3.13. The maximum atomic E-state index is 11.9. The van der Waals surface area contributed by atoms with Crippen LogP contribution in [0.5, 0.6) is 0 Å². The number of aromatic nitrogens is 1. The molecule has 1 aliphatic rings. The maximum Gasteiger partial charge on any atom is 0.227 e. The van der Waals surface area contributed by atoms with Gasteiger partial charge in [0.05, 0.1) is 11.9 Å². The van der Waals surface area contributed by atoms with E-state index in [4.69, 9.17) is 0 Å². The molecular formula is C13H18N2O. The van der Waals surface area contributed by atoms with Crippen LogP contribution >= 0.6 is 0 Å². The van der Waals surface area contributed by atoms with Gasteiger partial charge < -0.3 is 5.32 Å². The van der Waals surface area contributed by atoms with Crippen LogP contribution in [0.2, 0.25) is 0 Å². The molecule has 1 aromatic rings. The Hall–Kier alpha value is -1.38. The number of carbonyl (C=O) groups excluding carboxylic acids is 1. The molecule has 16 heavy (non-hydrogen) atoms. The Morgan fingerprint density at radius 3 is 3.00 bits per heavy atom. The summed E-state index contributed by atoms with van der Waals surface area (Å²) >= 11 is 0. The van der Waals surface area contributed by atoms with E-state index in [-0.39, 0.29) is 11.8 Å². The monoisotopic (exact) mass is 218 g/mol. The molecular weight excluding hydrogens is 200 g/mol. The molecule has 3 heteroatoms. The van der Waals surface area contributed by atoms with Gasteiger partial charge in [-0.1, -0.05) is 19.8 Å². The van der Waals surface area contributed by atoms with Gasteiger partial charge in [0.15, 0.2) is 0 Å². The summed E-state index contributed by atoms with van der Waals surface area (Å²) in [5.74, 6) is 1.01. The molecule has 1 heterocycles. The van der Waals surface area contributed by atoms with E-state index >= 15 is 0 Å². The quantitative estimate of drug-likeness (QED) is 0.844. The summed E-state index contributed by atoms with van der Waals surface area (Å²) in [6, 6.07) is 1.90. The predicted octanol–water partition coefficient (Wildman–Crippen LogP) is 2.76. The number of anilines is 1. The van der Waals surface area contributed by atoms with Crippen LogP contribution in [-0.4, -0.2) is 10.9 Å². The van der Waals surface area contributed by atoms with Gasteiger partial charge in [0, 0.05) is 12.1 Å². The molecule has 0 spiro atoms. The van der Waals surface area contributed by atoms with Crippen LogP contribution in [0.3, 0.4) is 0 Å². The zero-order valence-corrected chi connectivity index (χ0v) is 9.86. The SMILES string of the molecule is Cc1ccncc1NC(=O)[C@H](C)CC1CC1. The topological polar surface area (TPSA) is 42.0 Å². The van der Waals surface area contributed by atoms with Crippen LogP contribution in [0.4, 0.5) is 5.69 Å². The number of carbonyl (C=O) groups is 1. The Balaban J connectivity index is 1.93. The van der Waals surface area contributed by atoms with E-state index in [1.807, 2.05) is 19.9 Å². The Kier molecular flexibility index (Phi) is 3.22. The molecule has 0 bridgehead atoms. The van der Waals surface area contributed by atoms with E-state index in [2.05, 4.69) is 10.3 Å². The zero-order chi connectivity index (χ0) is 11.5. The Labute approximate surface area is 96.3 Å². The lowest BCUT2D eigenvalue weighted by Gasteiger charge is -2.12. The van der Waals surface area contributed by atoms with Gasteiger partial charge in [0.1, 0.15) is 0 Å². The highest BCUT2D eigenvalue weighted by molar-refractivity contribution is 5.92. The number of aryl methyl sites for hydroxylation is 1. The summed E-state index contributed by atoms with van der Waals surface area (Å²) in [6.45, 7) is 3.97. The van der Waals surface area contributed by atoms with Gasteiger partial charge >= 0.3 is 0 Å². The minimum atomic E-state index is 0.104. The normalized spacial score (nSPS) is 16.9. The van der Waals surface area contributed by atoms with Gasteiger partial charge in [-0.05, 0) is 30.9 Å². The molecule has 86 valence electrons. The second kappa shape index (κ2) is 4.64. The summed E-state index contributed by atoms with van der Waals surface area (Å²) < 4.78 is 0. The van der Waals surface area contributed by atoms with E-state index in [1.165, 1.54) is 12.8 Å². The molecule has 1 fully saturated rings. The Morgan fingerprint density at radius 2 is 2.38 bits per heavy atom. The fraction of sp³-hybridized carbons (Fsp3) is 0.538. The predicted molar refractivity (Wildman–Crippen MR) is 64.1 cm³/mol. The van der Waals surface area contributed by atoms with Crippen LogP contribution in [0.25, 0.3) is 0 Å². The van der Waals surface area contributed by atoms with Crippen LogP contribution in [-0.2, 0) is 4.79 Å². The number of pyridine rings is 1. The number of rotatable bonds is 4. The summed E-state index contributed by atoms with van der Waals surface area (Å²) in [7, 11) is 0. The summed E-state index contributed by atoms with van der Waals surface area (Å²) in [4.78, 5) is 15.9. The van der Waals surface area contributed by atoms with Gasteiger partial charge in [-0.2, -0.15) is 0 Å². The first-order valence-corrected chi connectivity index (χ1v) is 5.88. The molecule has 1 N–H and O–H groups in total. The average Bonchev–Trinajstić information content (AvgIpc) is 3.05. The fourth-order valence-electron chi connectivity index (χ4n) is 1.81. The van der Waals surface area contributed by atoms with Gasteiger partial charge in [-0.25, -0.2) is 0 Å². The maximum absolute atomic E-state index is 11.9. The second-order valence-corrected chi connectivity index (χ2v) is 4.76. The van der Waals surface area contributed by atoms with Gasteiger partial charge in [-0.3, -0.25) is 9.78 Å². The highest BCUT2D eigenvalue weighted by Crippen LogP contribution is 2.35. The summed E-state index contributed by atoms with van der Waals surface area (Å²) in [6.07, 6.45) is 7.05. The molecule has 0 radical (unpaired) electrons. The fourth-order valence-corrected chi connectivity index (χ4v) is 1.81. The van der Waals surface area contributed by atoms with Crippen molar-refractivity contribution in [2.75, 3.05) is 5.32 Å². The van der Waals surface area contributed by atoms with E-state index in [0.29, 0.717) is 0 Å². The Bertz CT molecular complexity index is 385. The van der Waals surface area contributed by atoms with Crippen molar-refractivity contribution in [3.8, 4) is 0 Å². The number of hydrogen-bond donors (Lipinski definition) is 1. The lowest BCUT2D eigenvalue weighted by atomic mass is 10.0. The first kappa shape index (κ1) is 11.1. The number of nitrogens with zero attached hydrogens (tertiary/aromatic N) is 1. The lowest BCUT2D eigenvalue weighted by molar-refractivity contribution is -0.119. The largest absolute Gasteiger partial charge is 0.324 e. The van der Waals surface area contributed by atoms with E-state index in [9.17, 15) is 4.79 Å². The van der Waals surface area contributed by atoms with Crippen molar-refractivity contribution in [2.24, 2.45) is 11.8 Å². The van der Waals surface area contributed by atoms with Crippen LogP contribution in [0.15, 0.2) is 18.5 Å². The van der Waals surface area contributed by atoms with Crippen molar-refractivity contribution in [3.05, 3.63) is 24.0 Å². The molecule has 1 atom stereocenters. The van der Waals surface area contributed by atoms with Crippen molar-refractivity contribution in [2.45, 2.75) is 33.1 Å². The van der Waals surface area contributed by atoms with E-state index in [0.717, 1.165) is 23.6 Å². The first-order chi connectivity index (χ1) is 7.66. The minimum Gasteiger partial charge on any atom is -0.324 e. The smallest absolute Gasteiger partial charge is 0.227 e. The van der Waals surface area contributed by atoms with E-state index < -0.39 is 0 Å². The van der Waals surface area contributed by atoms with Gasteiger partial charge in [0.25, 0.3) is 0 Å². The molecule has 0 aromatic carbocycles. The van der Waals surface area contributed by atoms with E-state index in [1.54, 1.807) is 12.4 Å². The summed E-state index contributed by atoms with van der Waals surface area (Å²) in [5, 5.41) is 2.94. The minimum absolute atomic E-state index is 0.104. The lowest BCUT2D eigenvalue weighted by Crippen LogP contribution is -2.21. The van der Waals surface area contributed by atoms with Crippen LogP contribution in [0, 0.1) is 18.8 Å². The van der Waals surface area contributed by atoms with Gasteiger partial charge in [0.2, 0.25) is 5.91 Å². The molecule has 0 saturated heterocycles. The first-order valence-electron chi connectivity index (χ1n) is 5.88. The third-order valence-electron chi connectivity index (χ3n) is 3.13. The molecule has 1 saturated carbocycles. The van der Waals surface area contributed by atoms with Crippen LogP contribution < -0.4 is 5.32 Å². The van der Waals surface area contributed by atoms with Crippen molar-refractivity contribution in [3.63, 3.8) is 0 Å². The molecule has 3 nitrogen and oxygen atoms in total. The molecule has 1 amide bonds. The average molecular weight is 218 g/mol. The number of nitrogens with one attached hydrogen (secondary N) is 1. The van der Waals surface area contributed by atoms with Crippen molar-refractivity contribution in [1.29, 1.82) is 0 Å². The van der Waals surface area contributed by atoms with Gasteiger partial charge in [-0.15, -0.1) is 0 Å². The Morgan fingerprint density at radius 1 is 1.62 bits per heavy atom. The summed E-state index contributed by atoms with van der Waals surface area (Å²) in [5.41, 5.74) is 1.89. The van der Waals surface area contributed by atoms with Crippen molar-refractivity contribution in [1.82, 2.24) is 4.98 Å². The zero-order valence-electron chi connectivity index (χ0n) is 9.86. The van der Waals surface area contributed by atoms with Crippen molar-refractivity contribution < 1.29 is 4.79 Å². The molecule has 1 aliphatic carbocycles. The second-order valence-electron chi connectivity index (χ2n) is 4.76. The standard InChI is InChI=1S/C13H18N2O/c1-9-5-6-14-8-12(9)15-13(16)10(2)7-11-3-4-11/h5-6,8,10-11H,3-4,7H2,1-2H3,(H,15,16)/t10-/m1/s1. The van der Waals surface area contributed by atoms with Crippen molar-refractivity contribution >= 4 is 11.6 Å². The number of amides is 1. The highest BCUT2D eigenvalue weighted by atomic mass is 16.1. The van der Waals surface area contributed by atoms with Crippen LogP contribution in [0.1, 0.15) is 31.7 Å². The highest BCUT2D eigenvalue weighted by Gasteiger charge is 2.26.